The molecule has 0 spiro atoms. The third-order valence-corrected chi connectivity index (χ3v) is 2.33. The zero-order chi connectivity index (χ0) is 13.7. The average Bonchev–Trinajstić information content (AvgIpc) is 2.29. The number of anilines is 1. The van der Waals surface area contributed by atoms with Gasteiger partial charge in [-0.25, -0.2) is 9.37 Å². The monoisotopic (exact) mass is 274 g/mol. The van der Waals surface area contributed by atoms with Crippen molar-refractivity contribution in [2.24, 2.45) is 5.92 Å². The van der Waals surface area contributed by atoms with Gasteiger partial charge in [-0.1, -0.05) is 13.8 Å². The second kappa shape index (κ2) is 6.49. The number of halogens is 2. The van der Waals surface area contributed by atoms with Gasteiger partial charge in [0.15, 0.2) is 11.6 Å². The Labute approximate surface area is 110 Å². The number of amides is 1. The number of aromatic nitrogens is 2. The Hall–Kier alpha value is -1.43. The summed E-state index contributed by atoms with van der Waals surface area (Å²) < 4.78 is 13.4. The van der Waals surface area contributed by atoms with Gasteiger partial charge >= 0.3 is 0 Å². The van der Waals surface area contributed by atoms with Crippen LogP contribution in [0.25, 0.3) is 0 Å². The topological polar surface area (TPSA) is 58.1 Å². The molecule has 0 aliphatic heterocycles. The number of hydrogen-bond donors (Lipinski definition) is 1. The van der Waals surface area contributed by atoms with Gasteiger partial charge < -0.3 is 10.2 Å². The lowest BCUT2D eigenvalue weighted by molar-refractivity contribution is -0.119. The van der Waals surface area contributed by atoms with Gasteiger partial charge in [0.05, 0.1) is 12.7 Å². The van der Waals surface area contributed by atoms with E-state index in [9.17, 15) is 9.18 Å². The maximum absolute atomic E-state index is 13.4. The standard InChI is InChI=1S/C11H16ClFN4O/c1-7(2)4-14-9(18)6-17(3)10-8(13)5-15-11(12)16-10/h5,7H,4,6H2,1-3H3,(H,14,18). The molecule has 1 rings (SSSR count). The predicted molar refractivity (Wildman–Crippen MR) is 68.1 cm³/mol. The van der Waals surface area contributed by atoms with Gasteiger partial charge in [0.1, 0.15) is 0 Å². The molecule has 18 heavy (non-hydrogen) atoms. The molecule has 1 aromatic heterocycles. The predicted octanol–water partition coefficient (Wildman–Crippen LogP) is 1.48. The van der Waals surface area contributed by atoms with Gasteiger partial charge in [-0.2, -0.15) is 4.98 Å². The molecule has 7 heteroatoms. The van der Waals surface area contributed by atoms with E-state index in [4.69, 9.17) is 11.6 Å². The molecule has 0 aromatic carbocycles. The Morgan fingerprint density at radius 2 is 2.28 bits per heavy atom. The number of nitrogens with zero attached hydrogens (tertiary/aromatic N) is 3. The summed E-state index contributed by atoms with van der Waals surface area (Å²) in [6.07, 6.45) is 0.979. The summed E-state index contributed by atoms with van der Waals surface area (Å²) >= 11 is 5.58. The van der Waals surface area contributed by atoms with E-state index in [1.54, 1.807) is 7.05 Å². The van der Waals surface area contributed by atoms with E-state index < -0.39 is 5.82 Å². The summed E-state index contributed by atoms with van der Waals surface area (Å²) in [4.78, 5) is 20.2. The summed E-state index contributed by atoms with van der Waals surface area (Å²) in [7, 11) is 1.57. The summed E-state index contributed by atoms with van der Waals surface area (Å²) in [5.74, 6) is -0.432. The SMILES string of the molecule is CC(C)CNC(=O)CN(C)c1nc(Cl)ncc1F. The summed E-state index contributed by atoms with van der Waals surface area (Å²) in [6.45, 7) is 4.58. The van der Waals surface area contributed by atoms with E-state index in [0.717, 1.165) is 6.20 Å². The van der Waals surface area contributed by atoms with Gasteiger partial charge in [-0.05, 0) is 17.5 Å². The Morgan fingerprint density at radius 3 is 2.89 bits per heavy atom. The Morgan fingerprint density at radius 1 is 1.61 bits per heavy atom. The first kappa shape index (κ1) is 14.6. The van der Waals surface area contributed by atoms with Gasteiger partial charge in [-0.15, -0.1) is 0 Å². The van der Waals surface area contributed by atoms with E-state index in [1.165, 1.54) is 4.90 Å². The summed E-state index contributed by atoms with van der Waals surface area (Å²) in [5.41, 5.74) is 0. The number of nitrogens with one attached hydrogen (secondary N) is 1. The minimum absolute atomic E-state index is 0.00898. The highest BCUT2D eigenvalue weighted by Crippen LogP contribution is 2.15. The molecule has 0 bridgehead atoms. The van der Waals surface area contributed by atoms with Crippen LogP contribution >= 0.6 is 11.6 Å². The number of likely N-dealkylation sites (N-methyl/N-ethyl adjacent to an activating group) is 1. The fourth-order valence-electron chi connectivity index (χ4n) is 1.27. The lowest BCUT2D eigenvalue weighted by Gasteiger charge is -2.18. The fourth-order valence-corrected chi connectivity index (χ4v) is 1.40. The van der Waals surface area contributed by atoms with Gasteiger partial charge in [0.25, 0.3) is 0 Å². The minimum Gasteiger partial charge on any atom is -0.354 e. The smallest absolute Gasteiger partial charge is 0.239 e. The van der Waals surface area contributed by atoms with Crippen molar-refractivity contribution in [3.05, 3.63) is 17.3 Å². The molecule has 0 fully saturated rings. The molecule has 0 radical (unpaired) electrons. The highest BCUT2D eigenvalue weighted by molar-refractivity contribution is 6.28. The van der Waals surface area contributed by atoms with E-state index in [-0.39, 0.29) is 23.6 Å². The zero-order valence-electron chi connectivity index (χ0n) is 10.6. The quantitative estimate of drug-likeness (QED) is 0.827. The highest BCUT2D eigenvalue weighted by atomic mass is 35.5. The van der Waals surface area contributed by atoms with Crippen LogP contribution in [0.15, 0.2) is 6.20 Å². The third-order valence-electron chi connectivity index (χ3n) is 2.15. The molecule has 1 amide bonds. The molecule has 0 saturated heterocycles. The van der Waals surface area contributed by atoms with E-state index in [0.29, 0.717) is 12.5 Å². The van der Waals surface area contributed by atoms with Crippen LogP contribution < -0.4 is 10.2 Å². The molecular weight excluding hydrogens is 259 g/mol. The van der Waals surface area contributed by atoms with Crippen molar-refractivity contribution < 1.29 is 9.18 Å². The number of hydrogen-bond acceptors (Lipinski definition) is 4. The molecule has 1 aromatic rings. The molecular formula is C11H16ClFN4O. The lowest BCUT2D eigenvalue weighted by Crippen LogP contribution is -2.37. The molecule has 1 N–H and O–H groups in total. The average molecular weight is 275 g/mol. The number of rotatable bonds is 5. The Kier molecular flexibility index (Phi) is 5.27. The molecule has 1 heterocycles. The normalized spacial score (nSPS) is 10.6. The minimum atomic E-state index is -0.612. The van der Waals surface area contributed by atoms with Crippen LogP contribution in [0.2, 0.25) is 5.28 Å². The molecule has 5 nitrogen and oxygen atoms in total. The van der Waals surface area contributed by atoms with Gasteiger partial charge in [0.2, 0.25) is 11.2 Å². The van der Waals surface area contributed by atoms with E-state index in [1.807, 2.05) is 13.8 Å². The van der Waals surface area contributed by atoms with Crippen LogP contribution in [-0.2, 0) is 4.79 Å². The van der Waals surface area contributed by atoms with E-state index in [2.05, 4.69) is 15.3 Å². The highest BCUT2D eigenvalue weighted by Gasteiger charge is 2.14. The van der Waals surface area contributed by atoms with Crippen LogP contribution in [0.4, 0.5) is 10.2 Å². The largest absolute Gasteiger partial charge is 0.354 e. The van der Waals surface area contributed by atoms with Crippen LogP contribution in [0.1, 0.15) is 13.8 Å². The van der Waals surface area contributed by atoms with Crippen molar-refractivity contribution >= 4 is 23.3 Å². The maximum Gasteiger partial charge on any atom is 0.239 e. The van der Waals surface area contributed by atoms with Crippen LogP contribution in [0, 0.1) is 11.7 Å². The van der Waals surface area contributed by atoms with Crippen LogP contribution in [0.3, 0.4) is 0 Å². The first-order chi connectivity index (χ1) is 8.40. The fraction of sp³-hybridized carbons (Fsp3) is 0.545. The molecule has 0 aliphatic carbocycles. The third kappa shape index (κ3) is 4.44. The molecule has 0 aliphatic rings. The van der Waals surface area contributed by atoms with Crippen molar-refractivity contribution in [2.75, 3.05) is 25.0 Å². The van der Waals surface area contributed by atoms with Gasteiger partial charge in [0, 0.05) is 13.6 Å². The van der Waals surface area contributed by atoms with Crippen molar-refractivity contribution in [1.82, 2.24) is 15.3 Å². The number of carbonyl (C=O) groups excluding carboxylic acids is 1. The maximum atomic E-state index is 13.4. The Balaban J connectivity index is 2.62. The first-order valence-corrected chi connectivity index (χ1v) is 5.93. The summed E-state index contributed by atoms with van der Waals surface area (Å²) in [5, 5.41) is 2.68. The second-order valence-electron chi connectivity index (χ2n) is 4.36. The van der Waals surface area contributed by atoms with Crippen molar-refractivity contribution in [2.45, 2.75) is 13.8 Å². The van der Waals surface area contributed by atoms with Crippen LogP contribution in [0.5, 0.6) is 0 Å². The first-order valence-electron chi connectivity index (χ1n) is 5.56. The van der Waals surface area contributed by atoms with Crippen molar-refractivity contribution in [3.63, 3.8) is 0 Å². The summed E-state index contributed by atoms with van der Waals surface area (Å²) in [6, 6.07) is 0. The molecule has 100 valence electrons. The van der Waals surface area contributed by atoms with E-state index >= 15 is 0 Å². The Bertz CT molecular complexity index is 428. The second-order valence-corrected chi connectivity index (χ2v) is 4.70. The molecule has 0 unspecified atom stereocenters. The lowest BCUT2D eigenvalue weighted by atomic mass is 10.2. The molecule has 0 saturated carbocycles. The van der Waals surface area contributed by atoms with Crippen molar-refractivity contribution in [3.8, 4) is 0 Å². The van der Waals surface area contributed by atoms with Gasteiger partial charge in [-0.3, -0.25) is 4.79 Å². The van der Waals surface area contributed by atoms with Crippen LogP contribution in [-0.4, -0.2) is 36.0 Å². The van der Waals surface area contributed by atoms with Crippen molar-refractivity contribution in [1.29, 1.82) is 0 Å². The zero-order valence-corrected chi connectivity index (χ0v) is 11.3. The number of carbonyl (C=O) groups is 1. The molecule has 0 atom stereocenters.